The van der Waals surface area contributed by atoms with Gasteiger partial charge in [-0.2, -0.15) is 20.2 Å². The van der Waals surface area contributed by atoms with Crippen LogP contribution in [0.1, 0.15) is 17.3 Å². The minimum Gasteiger partial charge on any atom is -0.462 e. The molecule has 3 aromatic rings. The third-order valence-corrected chi connectivity index (χ3v) is 2.62. The molecule has 0 saturated carbocycles. The Hall–Kier alpha value is -2.97. The number of nitrogens with one attached hydrogen (secondary N) is 1. The molecule has 9 nitrogen and oxygen atoms in total. The molecule has 3 N–H and O–H groups in total. The van der Waals surface area contributed by atoms with E-state index in [0.717, 1.165) is 0 Å². The van der Waals surface area contributed by atoms with Crippen molar-refractivity contribution >= 4 is 23.0 Å². The lowest BCUT2D eigenvalue weighted by Gasteiger charge is -2.02. The van der Waals surface area contributed by atoms with E-state index in [1.54, 1.807) is 13.1 Å². The molecule has 0 fully saturated rings. The van der Waals surface area contributed by atoms with Gasteiger partial charge in [0.15, 0.2) is 11.5 Å². The molecule has 0 atom stereocenters. The average Bonchev–Trinajstić information content (AvgIpc) is 3.06. The number of carbonyl (C=O) groups is 1. The van der Waals surface area contributed by atoms with Gasteiger partial charge in [0.25, 0.3) is 0 Å². The first-order chi connectivity index (χ1) is 9.69. The molecule has 0 amide bonds. The number of H-pyrrole nitrogens is 1. The van der Waals surface area contributed by atoms with E-state index in [-0.39, 0.29) is 5.95 Å². The molecule has 0 unspecified atom stereocenters. The van der Waals surface area contributed by atoms with Crippen LogP contribution < -0.4 is 5.73 Å². The van der Waals surface area contributed by atoms with Gasteiger partial charge < -0.3 is 10.5 Å². The summed E-state index contributed by atoms with van der Waals surface area (Å²) in [7, 11) is 0. The second-order valence-electron chi connectivity index (χ2n) is 3.93. The maximum Gasteiger partial charge on any atom is 0.341 e. The van der Waals surface area contributed by atoms with Gasteiger partial charge in [0.05, 0.1) is 30.0 Å². The van der Waals surface area contributed by atoms with E-state index in [2.05, 4.69) is 25.3 Å². The summed E-state index contributed by atoms with van der Waals surface area (Å²) >= 11 is 0. The minimum atomic E-state index is -0.441. The van der Waals surface area contributed by atoms with Crippen LogP contribution in [0.4, 0.5) is 5.95 Å². The number of ether oxygens (including phenoxy) is 1. The van der Waals surface area contributed by atoms with Crippen LogP contribution >= 0.6 is 0 Å². The fourth-order valence-corrected chi connectivity index (χ4v) is 1.77. The molecule has 9 heteroatoms. The molecule has 3 heterocycles. The molecule has 0 bridgehead atoms. The predicted octanol–water partition coefficient (Wildman–Crippen LogP) is 0.297. The zero-order chi connectivity index (χ0) is 14.1. The maximum atomic E-state index is 11.6. The molecule has 102 valence electrons. The Morgan fingerprint density at radius 1 is 1.45 bits per heavy atom. The average molecular weight is 273 g/mol. The molecule has 0 spiro atoms. The Labute approximate surface area is 112 Å². The van der Waals surface area contributed by atoms with Gasteiger partial charge in [-0.3, -0.25) is 5.10 Å². The van der Waals surface area contributed by atoms with Crippen LogP contribution in [0.15, 0.2) is 18.6 Å². The summed E-state index contributed by atoms with van der Waals surface area (Å²) in [5.41, 5.74) is 6.47. The Kier molecular flexibility index (Phi) is 2.78. The molecule has 3 aromatic heterocycles. The summed E-state index contributed by atoms with van der Waals surface area (Å²) in [4.78, 5) is 19.7. The number of hydrogen-bond acceptors (Lipinski definition) is 7. The number of nitrogen functional groups attached to an aromatic ring is 1. The highest BCUT2D eigenvalue weighted by Gasteiger charge is 2.14. The Morgan fingerprint density at radius 2 is 2.30 bits per heavy atom. The molecule has 20 heavy (non-hydrogen) atoms. The number of aromatic nitrogens is 6. The number of hydrogen-bond donors (Lipinski definition) is 2. The van der Waals surface area contributed by atoms with Crippen molar-refractivity contribution in [2.24, 2.45) is 0 Å². The van der Waals surface area contributed by atoms with Crippen molar-refractivity contribution in [2.45, 2.75) is 6.92 Å². The number of carbonyl (C=O) groups excluding carboxylic acids is 1. The van der Waals surface area contributed by atoms with Crippen molar-refractivity contribution in [3.8, 4) is 5.82 Å². The second kappa shape index (κ2) is 4.61. The van der Waals surface area contributed by atoms with Gasteiger partial charge in [-0.25, -0.2) is 9.48 Å². The van der Waals surface area contributed by atoms with Crippen LogP contribution in [-0.2, 0) is 4.74 Å². The van der Waals surface area contributed by atoms with E-state index in [1.165, 1.54) is 17.1 Å². The van der Waals surface area contributed by atoms with Gasteiger partial charge in [-0.05, 0) is 6.92 Å². The Balaban J connectivity index is 2.07. The van der Waals surface area contributed by atoms with Crippen LogP contribution in [0.25, 0.3) is 16.9 Å². The highest BCUT2D eigenvalue weighted by atomic mass is 16.5. The van der Waals surface area contributed by atoms with Crippen molar-refractivity contribution in [3.63, 3.8) is 0 Å². The van der Waals surface area contributed by atoms with Crippen LogP contribution in [0.5, 0.6) is 0 Å². The predicted molar refractivity (Wildman–Crippen MR) is 69.2 cm³/mol. The first-order valence-corrected chi connectivity index (χ1v) is 5.87. The molecule has 0 aliphatic heterocycles. The number of anilines is 1. The van der Waals surface area contributed by atoms with Gasteiger partial charge in [-0.15, -0.1) is 0 Å². The van der Waals surface area contributed by atoms with Gasteiger partial charge in [0.1, 0.15) is 0 Å². The quantitative estimate of drug-likeness (QED) is 0.657. The van der Waals surface area contributed by atoms with Crippen molar-refractivity contribution in [3.05, 3.63) is 24.2 Å². The third kappa shape index (κ3) is 1.94. The molecular formula is C11H11N7O2. The van der Waals surface area contributed by atoms with Crippen LogP contribution in [0, 0.1) is 0 Å². The summed E-state index contributed by atoms with van der Waals surface area (Å²) in [6, 6.07) is 0. The Morgan fingerprint density at radius 3 is 3.10 bits per heavy atom. The lowest BCUT2D eigenvalue weighted by Crippen LogP contribution is -2.05. The highest BCUT2D eigenvalue weighted by Crippen LogP contribution is 2.18. The van der Waals surface area contributed by atoms with E-state index in [9.17, 15) is 4.79 Å². The molecule has 0 radical (unpaired) electrons. The molecule has 0 aliphatic rings. The normalized spacial score (nSPS) is 10.8. The zero-order valence-corrected chi connectivity index (χ0v) is 10.6. The largest absolute Gasteiger partial charge is 0.462 e. The number of aromatic amines is 1. The summed E-state index contributed by atoms with van der Waals surface area (Å²) in [5.74, 6) is 0.0888. The first kappa shape index (κ1) is 12.1. The summed E-state index contributed by atoms with van der Waals surface area (Å²) in [6.07, 6.45) is 4.49. The van der Waals surface area contributed by atoms with Crippen LogP contribution in [0.2, 0.25) is 0 Å². The molecule has 0 saturated heterocycles. The fourth-order valence-electron chi connectivity index (χ4n) is 1.77. The van der Waals surface area contributed by atoms with Crippen molar-refractivity contribution in [2.75, 3.05) is 12.3 Å². The van der Waals surface area contributed by atoms with Gasteiger partial charge in [0.2, 0.25) is 5.95 Å². The maximum absolute atomic E-state index is 11.6. The smallest absolute Gasteiger partial charge is 0.341 e. The van der Waals surface area contributed by atoms with Gasteiger partial charge in [-0.1, -0.05) is 0 Å². The van der Waals surface area contributed by atoms with E-state index in [0.29, 0.717) is 29.0 Å². The van der Waals surface area contributed by atoms with Crippen molar-refractivity contribution < 1.29 is 9.53 Å². The molecular weight excluding hydrogens is 262 g/mol. The van der Waals surface area contributed by atoms with Crippen LogP contribution in [0.3, 0.4) is 0 Å². The fraction of sp³-hybridized carbons (Fsp3) is 0.182. The standard InChI is InChI=1S/C11H11N7O2/c1-2-20-10(19)6-3-14-18(5-6)9-7-4-13-17-8(7)15-11(12)16-9/h3-5H,2H2,1H3,(H3,12,13,15,16,17). The highest BCUT2D eigenvalue weighted by molar-refractivity contribution is 5.89. The van der Waals surface area contributed by atoms with Gasteiger partial charge in [0, 0.05) is 6.20 Å². The molecule has 0 aromatic carbocycles. The number of esters is 1. The number of nitrogens with zero attached hydrogens (tertiary/aromatic N) is 5. The lowest BCUT2D eigenvalue weighted by molar-refractivity contribution is 0.0526. The molecule has 0 aliphatic carbocycles. The van der Waals surface area contributed by atoms with E-state index in [1.807, 2.05) is 0 Å². The summed E-state index contributed by atoms with van der Waals surface area (Å²) in [5, 5.41) is 11.3. The van der Waals surface area contributed by atoms with E-state index in [4.69, 9.17) is 10.5 Å². The zero-order valence-electron chi connectivity index (χ0n) is 10.6. The number of rotatable bonds is 3. The number of nitrogens with two attached hydrogens (primary N) is 1. The Bertz CT molecular complexity index is 776. The SMILES string of the molecule is CCOC(=O)c1cnn(-c2nc(N)nc3[nH]ncc23)c1. The summed E-state index contributed by atoms with van der Waals surface area (Å²) in [6.45, 7) is 2.04. The van der Waals surface area contributed by atoms with Crippen LogP contribution in [-0.4, -0.2) is 42.5 Å². The number of fused-ring (bicyclic) bond motifs is 1. The molecule has 3 rings (SSSR count). The van der Waals surface area contributed by atoms with Crippen molar-refractivity contribution in [1.82, 2.24) is 29.9 Å². The van der Waals surface area contributed by atoms with Crippen molar-refractivity contribution in [1.29, 1.82) is 0 Å². The first-order valence-electron chi connectivity index (χ1n) is 5.87. The topological polar surface area (TPSA) is 125 Å². The minimum absolute atomic E-state index is 0.0879. The van der Waals surface area contributed by atoms with E-state index < -0.39 is 5.97 Å². The second-order valence-corrected chi connectivity index (χ2v) is 3.93. The van der Waals surface area contributed by atoms with Gasteiger partial charge >= 0.3 is 5.97 Å². The lowest BCUT2D eigenvalue weighted by atomic mass is 10.3. The third-order valence-electron chi connectivity index (χ3n) is 2.62. The van der Waals surface area contributed by atoms with E-state index >= 15 is 0 Å². The monoisotopic (exact) mass is 273 g/mol. The summed E-state index contributed by atoms with van der Waals surface area (Å²) < 4.78 is 6.34.